The number of fused-ring (bicyclic) bond motifs is 1. The molecule has 2 rings (SSSR count). The van der Waals surface area contributed by atoms with E-state index in [4.69, 9.17) is 0 Å². The Bertz CT molecular complexity index is 748. The van der Waals surface area contributed by atoms with E-state index in [2.05, 4.69) is 20.7 Å². The second-order valence-electron chi connectivity index (χ2n) is 6.37. The lowest BCUT2D eigenvalue weighted by Gasteiger charge is -2.18. The van der Waals surface area contributed by atoms with E-state index in [1.807, 2.05) is 51.1 Å². The zero-order chi connectivity index (χ0) is 15.7. The molecule has 0 fully saturated rings. The molecule has 0 aliphatic heterocycles. The van der Waals surface area contributed by atoms with Crippen LogP contribution in [0.15, 0.2) is 40.9 Å². The van der Waals surface area contributed by atoms with Gasteiger partial charge in [0.15, 0.2) is 0 Å². The third kappa shape index (κ3) is 4.45. The van der Waals surface area contributed by atoms with Gasteiger partial charge in [0.1, 0.15) is 0 Å². The van der Waals surface area contributed by atoms with Gasteiger partial charge in [0.25, 0.3) is 0 Å². The van der Waals surface area contributed by atoms with E-state index in [1.54, 1.807) is 6.07 Å². The van der Waals surface area contributed by atoms with Crippen molar-refractivity contribution in [1.29, 1.82) is 0 Å². The van der Waals surface area contributed by atoms with Crippen LogP contribution in [-0.4, -0.2) is 14.2 Å². The number of hydrogen-bond donors (Lipinski definition) is 1. The molecule has 2 aromatic rings. The summed E-state index contributed by atoms with van der Waals surface area (Å²) in [6, 6.07) is 11.4. The Morgan fingerprint density at radius 3 is 2.29 bits per heavy atom. The Hall–Kier alpha value is -1.07. The Kier molecular flexibility index (Phi) is 4.63. The molecule has 0 saturated heterocycles. The van der Waals surface area contributed by atoms with Gasteiger partial charge in [-0.3, -0.25) is 4.72 Å². The number of benzene rings is 2. The maximum absolute atomic E-state index is 12.3. The van der Waals surface area contributed by atoms with Gasteiger partial charge in [-0.1, -0.05) is 61.0 Å². The standard InChI is InChI=1S/C16H20BrNO2S/c1-16(2,3)10-11-21(19,20)18-15-9-8-14(17)12-6-4-5-7-13(12)15/h4-9,18H,10-11H2,1-3H3. The Labute approximate surface area is 134 Å². The summed E-state index contributed by atoms with van der Waals surface area (Å²) in [5.41, 5.74) is 0.624. The second kappa shape index (κ2) is 5.97. The van der Waals surface area contributed by atoms with Crippen LogP contribution in [0.4, 0.5) is 5.69 Å². The monoisotopic (exact) mass is 369 g/mol. The smallest absolute Gasteiger partial charge is 0.232 e. The van der Waals surface area contributed by atoms with E-state index in [0.717, 1.165) is 15.2 Å². The molecule has 0 aliphatic carbocycles. The highest BCUT2D eigenvalue weighted by atomic mass is 79.9. The second-order valence-corrected chi connectivity index (χ2v) is 9.07. The van der Waals surface area contributed by atoms with E-state index in [9.17, 15) is 8.42 Å². The minimum Gasteiger partial charge on any atom is -0.283 e. The molecule has 1 N–H and O–H groups in total. The molecule has 0 unspecified atom stereocenters. The molecule has 5 heteroatoms. The van der Waals surface area contributed by atoms with Crippen molar-refractivity contribution < 1.29 is 8.42 Å². The van der Waals surface area contributed by atoms with Gasteiger partial charge in [-0.05, 0) is 29.4 Å². The molecule has 0 saturated carbocycles. The quantitative estimate of drug-likeness (QED) is 0.842. The van der Waals surface area contributed by atoms with E-state index in [-0.39, 0.29) is 11.2 Å². The largest absolute Gasteiger partial charge is 0.283 e. The van der Waals surface area contributed by atoms with Crippen LogP contribution in [-0.2, 0) is 10.0 Å². The highest BCUT2D eigenvalue weighted by molar-refractivity contribution is 9.10. The van der Waals surface area contributed by atoms with Crippen LogP contribution in [0.25, 0.3) is 10.8 Å². The van der Waals surface area contributed by atoms with Crippen molar-refractivity contribution >= 4 is 42.4 Å². The first kappa shape index (κ1) is 16.3. The molecule has 0 bridgehead atoms. The number of hydrogen-bond acceptors (Lipinski definition) is 2. The van der Waals surface area contributed by atoms with Crippen molar-refractivity contribution in [3.63, 3.8) is 0 Å². The molecule has 0 spiro atoms. The Morgan fingerprint density at radius 1 is 1.05 bits per heavy atom. The third-order valence-corrected chi connectivity index (χ3v) is 5.22. The minimum atomic E-state index is -3.34. The van der Waals surface area contributed by atoms with Crippen molar-refractivity contribution in [2.75, 3.05) is 10.5 Å². The van der Waals surface area contributed by atoms with Gasteiger partial charge in [0.2, 0.25) is 10.0 Å². The average Bonchev–Trinajstić information content (AvgIpc) is 2.40. The molecule has 3 nitrogen and oxygen atoms in total. The molecule has 114 valence electrons. The predicted molar refractivity (Wildman–Crippen MR) is 93.1 cm³/mol. The molecule has 0 atom stereocenters. The van der Waals surface area contributed by atoms with Crippen molar-refractivity contribution in [2.45, 2.75) is 27.2 Å². The van der Waals surface area contributed by atoms with Crippen LogP contribution < -0.4 is 4.72 Å². The van der Waals surface area contributed by atoms with Crippen molar-refractivity contribution in [1.82, 2.24) is 0 Å². The highest BCUT2D eigenvalue weighted by Gasteiger charge is 2.18. The van der Waals surface area contributed by atoms with Gasteiger partial charge in [0, 0.05) is 9.86 Å². The summed E-state index contributed by atoms with van der Waals surface area (Å²) in [4.78, 5) is 0. The fraction of sp³-hybridized carbons (Fsp3) is 0.375. The Balaban J connectivity index is 2.30. The molecule has 0 heterocycles. The maximum Gasteiger partial charge on any atom is 0.232 e. The summed E-state index contributed by atoms with van der Waals surface area (Å²) in [6.45, 7) is 6.12. The van der Waals surface area contributed by atoms with Gasteiger partial charge in [-0.2, -0.15) is 0 Å². The molecular formula is C16H20BrNO2S. The molecule has 0 radical (unpaired) electrons. The molecule has 2 aromatic carbocycles. The number of nitrogens with one attached hydrogen (secondary N) is 1. The SMILES string of the molecule is CC(C)(C)CCS(=O)(=O)Nc1ccc(Br)c2ccccc12. The summed E-state index contributed by atoms with van der Waals surface area (Å²) in [5.74, 6) is 0.126. The summed E-state index contributed by atoms with van der Waals surface area (Å²) >= 11 is 3.49. The number of sulfonamides is 1. The van der Waals surface area contributed by atoms with E-state index in [1.165, 1.54) is 0 Å². The minimum absolute atomic E-state index is 0.00344. The van der Waals surface area contributed by atoms with Crippen LogP contribution in [0.5, 0.6) is 0 Å². The summed E-state index contributed by atoms with van der Waals surface area (Å²) in [7, 11) is -3.34. The first-order chi connectivity index (χ1) is 9.68. The first-order valence-electron chi connectivity index (χ1n) is 6.86. The highest BCUT2D eigenvalue weighted by Crippen LogP contribution is 2.30. The summed E-state index contributed by atoms with van der Waals surface area (Å²) < 4.78 is 28.2. The number of halogens is 1. The van der Waals surface area contributed by atoms with Gasteiger partial charge < -0.3 is 0 Å². The van der Waals surface area contributed by atoms with Gasteiger partial charge >= 0.3 is 0 Å². The predicted octanol–water partition coefficient (Wildman–Crippen LogP) is 4.78. The topological polar surface area (TPSA) is 46.2 Å². The van der Waals surface area contributed by atoms with Crippen LogP contribution in [0.1, 0.15) is 27.2 Å². The average molecular weight is 370 g/mol. The lowest BCUT2D eigenvalue weighted by Crippen LogP contribution is -2.21. The molecule has 0 aromatic heterocycles. The van der Waals surface area contributed by atoms with Crippen LogP contribution >= 0.6 is 15.9 Å². The lowest BCUT2D eigenvalue weighted by molar-refractivity contribution is 0.397. The van der Waals surface area contributed by atoms with Gasteiger partial charge in [-0.25, -0.2) is 8.42 Å². The van der Waals surface area contributed by atoms with Crippen molar-refractivity contribution in [3.05, 3.63) is 40.9 Å². The zero-order valence-electron chi connectivity index (χ0n) is 12.5. The maximum atomic E-state index is 12.3. The fourth-order valence-corrected chi connectivity index (χ4v) is 3.98. The van der Waals surface area contributed by atoms with E-state index < -0.39 is 10.0 Å². The van der Waals surface area contributed by atoms with Crippen LogP contribution in [0.2, 0.25) is 0 Å². The number of rotatable bonds is 4. The van der Waals surface area contributed by atoms with E-state index in [0.29, 0.717) is 12.1 Å². The van der Waals surface area contributed by atoms with E-state index >= 15 is 0 Å². The number of anilines is 1. The Morgan fingerprint density at radius 2 is 1.67 bits per heavy atom. The van der Waals surface area contributed by atoms with Crippen LogP contribution in [0.3, 0.4) is 0 Å². The summed E-state index contributed by atoms with van der Waals surface area (Å²) in [6.07, 6.45) is 0.622. The van der Waals surface area contributed by atoms with Gasteiger partial charge in [0.05, 0.1) is 11.4 Å². The molecule has 21 heavy (non-hydrogen) atoms. The van der Waals surface area contributed by atoms with Crippen molar-refractivity contribution in [3.8, 4) is 0 Å². The van der Waals surface area contributed by atoms with Crippen molar-refractivity contribution in [2.24, 2.45) is 5.41 Å². The molecule has 0 amide bonds. The zero-order valence-corrected chi connectivity index (χ0v) is 14.9. The molecule has 0 aliphatic rings. The van der Waals surface area contributed by atoms with Crippen LogP contribution in [0, 0.1) is 5.41 Å². The lowest BCUT2D eigenvalue weighted by atomic mass is 9.94. The van der Waals surface area contributed by atoms with Gasteiger partial charge in [-0.15, -0.1) is 0 Å². The fourth-order valence-electron chi connectivity index (χ4n) is 2.01. The first-order valence-corrected chi connectivity index (χ1v) is 9.30. The third-order valence-electron chi connectivity index (χ3n) is 3.26. The molecular weight excluding hydrogens is 350 g/mol. The normalized spacial score (nSPS) is 12.6. The summed E-state index contributed by atoms with van der Waals surface area (Å²) in [5, 5.41) is 1.89.